The summed E-state index contributed by atoms with van der Waals surface area (Å²) in [7, 11) is 0. The molecule has 7 nitrogen and oxygen atoms in total. The molecule has 2 aromatic rings. The summed E-state index contributed by atoms with van der Waals surface area (Å²) in [5.41, 5.74) is 1.12. The van der Waals surface area contributed by atoms with Crippen molar-refractivity contribution in [1.29, 1.82) is 0 Å². The van der Waals surface area contributed by atoms with Gasteiger partial charge in [-0.3, -0.25) is 19.1 Å². The van der Waals surface area contributed by atoms with Crippen LogP contribution in [0.25, 0.3) is 10.2 Å². The van der Waals surface area contributed by atoms with E-state index in [4.69, 9.17) is 4.98 Å². The molecule has 3 heterocycles. The van der Waals surface area contributed by atoms with Gasteiger partial charge in [0, 0.05) is 23.2 Å². The van der Waals surface area contributed by atoms with Crippen LogP contribution < -0.4 is 10.9 Å². The third-order valence-electron chi connectivity index (χ3n) is 5.59. The number of thiophene rings is 1. The molecule has 0 bridgehead atoms. The summed E-state index contributed by atoms with van der Waals surface area (Å²) in [6.45, 7) is 4.51. The van der Waals surface area contributed by atoms with Crippen LogP contribution in [0.15, 0.2) is 9.95 Å². The smallest absolute Gasteiger partial charge is 0.324 e. The van der Waals surface area contributed by atoms with Crippen LogP contribution in [0.5, 0.6) is 0 Å². The fourth-order valence-electron chi connectivity index (χ4n) is 3.94. The third-order valence-corrected chi connectivity index (χ3v) is 7.73. The van der Waals surface area contributed by atoms with Crippen LogP contribution in [-0.4, -0.2) is 45.2 Å². The second kappa shape index (κ2) is 7.87. The maximum absolute atomic E-state index is 13.3. The molecular formula is C19H24N4O3S2. The highest BCUT2D eigenvalue weighted by Crippen LogP contribution is 2.34. The first-order chi connectivity index (χ1) is 13.5. The van der Waals surface area contributed by atoms with E-state index < -0.39 is 0 Å². The Morgan fingerprint density at radius 1 is 1.21 bits per heavy atom. The Morgan fingerprint density at radius 3 is 2.64 bits per heavy atom. The van der Waals surface area contributed by atoms with Crippen LogP contribution in [0.3, 0.4) is 0 Å². The van der Waals surface area contributed by atoms with Gasteiger partial charge in [-0.25, -0.2) is 9.78 Å². The fraction of sp³-hybridized carbons (Fsp3) is 0.579. The molecular weight excluding hydrogens is 396 g/mol. The molecule has 1 aliphatic heterocycles. The lowest BCUT2D eigenvalue weighted by atomic mass is 10.2. The van der Waals surface area contributed by atoms with E-state index >= 15 is 0 Å². The van der Waals surface area contributed by atoms with Crippen molar-refractivity contribution in [2.24, 2.45) is 0 Å². The van der Waals surface area contributed by atoms with Gasteiger partial charge in [0.2, 0.25) is 5.91 Å². The standard InChI is InChI=1S/C19H24N4O3S2/c1-11-12(2)28-16-15(11)17(25)23(13-6-3-4-7-13)19(21-16)27-9-5-8-22-14(24)10-20-18(22)26/h13H,3-10H2,1-2H3,(H,20,26). The van der Waals surface area contributed by atoms with Crippen molar-refractivity contribution in [1.82, 2.24) is 19.8 Å². The van der Waals surface area contributed by atoms with Crippen LogP contribution >= 0.6 is 23.1 Å². The molecule has 3 amide bonds. The second-order valence-corrected chi connectivity index (χ2v) is 9.64. The van der Waals surface area contributed by atoms with E-state index in [1.165, 1.54) is 4.90 Å². The van der Waals surface area contributed by atoms with Gasteiger partial charge in [-0.2, -0.15) is 0 Å². The monoisotopic (exact) mass is 420 g/mol. The maximum atomic E-state index is 13.3. The molecule has 2 aromatic heterocycles. The van der Waals surface area contributed by atoms with E-state index in [1.54, 1.807) is 23.1 Å². The number of amides is 3. The predicted octanol–water partition coefficient (Wildman–Crippen LogP) is 3.22. The number of thioether (sulfide) groups is 1. The molecule has 2 fully saturated rings. The zero-order chi connectivity index (χ0) is 19.8. The van der Waals surface area contributed by atoms with Gasteiger partial charge in [0.25, 0.3) is 5.56 Å². The van der Waals surface area contributed by atoms with Crippen LogP contribution in [0.2, 0.25) is 0 Å². The first-order valence-electron chi connectivity index (χ1n) is 9.70. The number of aromatic nitrogens is 2. The van der Waals surface area contributed by atoms with Gasteiger partial charge in [-0.15, -0.1) is 11.3 Å². The Balaban J connectivity index is 1.57. The van der Waals surface area contributed by atoms with Gasteiger partial charge in [0.15, 0.2) is 5.16 Å². The summed E-state index contributed by atoms with van der Waals surface area (Å²) >= 11 is 3.13. The zero-order valence-corrected chi connectivity index (χ0v) is 17.8. The molecule has 0 atom stereocenters. The van der Waals surface area contributed by atoms with E-state index in [2.05, 4.69) is 5.32 Å². The quantitative estimate of drug-likeness (QED) is 0.336. The van der Waals surface area contributed by atoms with Gasteiger partial charge in [0.05, 0.1) is 11.9 Å². The SMILES string of the molecule is Cc1sc2nc(SCCCN3C(=O)CNC3=O)n(C3CCCC3)c(=O)c2c1C. The number of hydrogen-bond donors (Lipinski definition) is 1. The van der Waals surface area contributed by atoms with Crippen molar-refractivity contribution >= 4 is 45.3 Å². The highest BCUT2D eigenvalue weighted by atomic mass is 32.2. The average Bonchev–Trinajstić information content (AvgIpc) is 3.35. The molecule has 2 aliphatic rings. The third kappa shape index (κ3) is 3.45. The second-order valence-electron chi connectivity index (χ2n) is 7.38. The molecule has 1 N–H and O–H groups in total. The Hall–Kier alpha value is -1.87. The molecule has 9 heteroatoms. The zero-order valence-electron chi connectivity index (χ0n) is 16.1. The molecule has 4 rings (SSSR count). The molecule has 150 valence electrons. The van der Waals surface area contributed by atoms with Gasteiger partial charge >= 0.3 is 6.03 Å². The molecule has 28 heavy (non-hydrogen) atoms. The first kappa shape index (κ1) is 19.4. The number of imide groups is 1. The molecule has 1 saturated heterocycles. The number of hydrogen-bond acceptors (Lipinski definition) is 6. The molecule has 0 aromatic carbocycles. The van der Waals surface area contributed by atoms with E-state index in [0.717, 1.165) is 51.5 Å². The molecule has 0 radical (unpaired) electrons. The lowest BCUT2D eigenvalue weighted by molar-refractivity contribution is -0.124. The van der Waals surface area contributed by atoms with Gasteiger partial charge in [-0.1, -0.05) is 24.6 Å². The normalized spacial score (nSPS) is 17.9. The number of nitrogens with zero attached hydrogens (tertiary/aromatic N) is 3. The van der Waals surface area contributed by atoms with Crippen molar-refractivity contribution in [3.8, 4) is 0 Å². The molecule has 1 aliphatic carbocycles. The Labute approximate surface area is 171 Å². The van der Waals surface area contributed by atoms with Crippen molar-refractivity contribution in [2.75, 3.05) is 18.8 Å². The van der Waals surface area contributed by atoms with Crippen molar-refractivity contribution < 1.29 is 9.59 Å². The number of nitrogens with one attached hydrogen (secondary N) is 1. The Morgan fingerprint density at radius 2 is 1.96 bits per heavy atom. The number of urea groups is 1. The number of carbonyl (C=O) groups is 2. The van der Waals surface area contributed by atoms with Crippen molar-refractivity contribution in [3.63, 3.8) is 0 Å². The molecule has 0 spiro atoms. The van der Waals surface area contributed by atoms with Gasteiger partial charge in [-0.05, 0) is 38.7 Å². The predicted molar refractivity (Wildman–Crippen MR) is 111 cm³/mol. The minimum Gasteiger partial charge on any atom is -0.329 e. The van der Waals surface area contributed by atoms with Crippen LogP contribution in [0, 0.1) is 13.8 Å². The minimum atomic E-state index is -0.318. The average molecular weight is 421 g/mol. The molecule has 1 saturated carbocycles. The van der Waals surface area contributed by atoms with E-state index in [9.17, 15) is 14.4 Å². The maximum Gasteiger partial charge on any atom is 0.324 e. The Kier molecular flexibility index (Phi) is 5.46. The number of carbonyl (C=O) groups excluding carboxylic acids is 2. The number of aryl methyl sites for hydroxylation is 2. The van der Waals surface area contributed by atoms with Gasteiger partial charge in [0.1, 0.15) is 4.83 Å². The summed E-state index contributed by atoms with van der Waals surface area (Å²) in [5, 5.41) is 4.06. The van der Waals surface area contributed by atoms with Crippen molar-refractivity contribution in [2.45, 2.75) is 57.1 Å². The Bertz CT molecular complexity index is 975. The summed E-state index contributed by atoms with van der Waals surface area (Å²) < 4.78 is 1.91. The topological polar surface area (TPSA) is 84.3 Å². The summed E-state index contributed by atoms with van der Waals surface area (Å²) in [6, 6.07) is -0.0978. The number of fused-ring (bicyclic) bond motifs is 1. The highest BCUT2D eigenvalue weighted by molar-refractivity contribution is 7.99. The lowest BCUT2D eigenvalue weighted by Crippen LogP contribution is -2.32. The molecule has 0 unspecified atom stereocenters. The summed E-state index contributed by atoms with van der Waals surface area (Å²) in [4.78, 5) is 44.7. The largest absolute Gasteiger partial charge is 0.329 e. The van der Waals surface area contributed by atoms with Crippen LogP contribution in [0.4, 0.5) is 4.79 Å². The minimum absolute atomic E-state index is 0.0790. The first-order valence-corrected chi connectivity index (χ1v) is 11.5. The fourth-order valence-corrected chi connectivity index (χ4v) is 6.00. The summed E-state index contributed by atoms with van der Waals surface area (Å²) in [6.07, 6.45) is 5.00. The van der Waals surface area contributed by atoms with Crippen LogP contribution in [0.1, 0.15) is 48.6 Å². The van der Waals surface area contributed by atoms with Crippen molar-refractivity contribution in [3.05, 3.63) is 20.8 Å². The van der Waals surface area contributed by atoms with Gasteiger partial charge < -0.3 is 5.32 Å². The van der Waals surface area contributed by atoms with E-state index in [0.29, 0.717) is 18.7 Å². The van der Waals surface area contributed by atoms with Crippen LogP contribution in [-0.2, 0) is 4.79 Å². The highest BCUT2D eigenvalue weighted by Gasteiger charge is 2.28. The number of rotatable bonds is 6. The van der Waals surface area contributed by atoms with E-state index in [1.807, 2.05) is 18.4 Å². The van der Waals surface area contributed by atoms with E-state index in [-0.39, 0.29) is 30.1 Å². The summed E-state index contributed by atoms with van der Waals surface area (Å²) in [5.74, 6) is 0.521. The lowest BCUT2D eigenvalue weighted by Gasteiger charge is -2.18.